The van der Waals surface area contributed by atoms with Gasteiger partial charge in [0.15, 0.2) is 0 Å². The Balaban J connectivity index is 0.000000127. The van der Waals surface area contributed by atoms with Crippen molar-refractivity contribution >= 4 is 114 Å². The van der Waals surface area contributed by atoms with Crippen LogP contribution in [0, 0.1) is 39.0 Å². The molecule has 1 saturated heterocycles. The maximum absolute atomic E-state index is 13.1. The van der Waals surface area contributed by atoms with Gasteiger partial charge in [0.05, 0.1) is 18.8 Å². The molecule has 8 aromatic carbocycles. The molecule has 17 rings (SSSR count). The van der Waals surface area contributed by atoms with Crippen LogP contribution in [-0.4, -0.2) is 127 Å². The summed E-state index contributed by atoms with van der Waals surface area (Å²) in [5, 5.41) is 37.1. The second kappa shape index (κ2) is 34.6. The van der Waals surface area contributed by atoms with Gasteiger partial charge < -0.3 is 65.5 Å². The van der Waals surface area contributed by atoms with Crippen molar-refractivity contribution in [3.63, 3.8) is 0 Å². The van der Waals surface area contributed by atoms with Crippen molar-refractivity contribution in [2.24, 2.45) is 14.1 Å². The number of morpholine rings is 1. The van der Waals surface area contributed by atoms with E-state index < -0.39 is 0 Å². The van der Waals surface area contributed by atoms with Gasteiger partial charge in [-0.2, -0.15) is 5.26 Å². The number of hydrogen-bond acceptors (Lipinski definition) is 11. The molecule has 8 N–H and O–H groups in total. The summed E-state index contributed by atoms with van der Waals surface area (Å²) in [5.41, 5.74) is 15.2. The summed E-state index contributed by atoms with van der Waals surface area (Å²) < 4.78 is 13.6. The van der Waals surface area contributed by atoms with E-state index in [4.69, 9.17) is 4.74 Å². The zero-order valence-corrected chi connectivity index (χ0v) is 66.0. The molecule has 0 atom stereocenters. The second-order valence-electron chi connectivity index (χ2n) is 31.0. The first kappa shape index (κ1) is 78.8. The topological polar surface area (TPSA) is 289 Å². The molecule has 23 nitrogen and oxygen atoms in total. The number of amides is 8. The molecule has 12 aromatic rings. The molecule has 1 aliphatic heterocycles. The Morgan fingerprint density at radius 3 is 1.13 bits per heavy atom. The Morgan fingerprint density at radius 1 is 0.391 bits per heavy atom. The van der Waals surface area contributed by atoms with Crippen molar-refractivity contribution in [3.8, 4) is 6.07 Å². The van der Waals surface area contributed by atoms with Crippen molar-refractivity contribution in [2.75, 3.05) is 54.1 Å². The summed E-state index contributed by atoms with van der Waals surface area (Å²) in [6.07, 6.45) is 16.1. The molecule has 115 heavy (non-hydrogen) atoms. The maximum Gasteiger partial charge on any atom is 0.255 e. The average Bonchev–Trinajstić information content (AvgIpc) is 1.73. The molecule has 4 aliphatic carbocycles. The van der Waals surface area contributed by atoms with Crippen molar-refractivity contribution in [3.05, 3.63) is 261 Å². The monoisotopic (exact) mass is 1540 g/mol. The Hall–Kier alpha value is -12.9. The highest BCUT2D eigenvalue weighted by atomic mass is 16.5. The molecule has 0 radical (unpaired) electrons. The fraction of sp³-hybridized carbons (Fsp3) is 0.293. The highest BCUT2D eigenvalue weighted by Gasteiger charge is 2.29. The second-order valence-corrected chi connectivity index (χ2v) is 31.0. The Morgan fingerprint density at radius 2 is 0.730 bits per heavy atom. The number of anilines is 4. The van der Waals surface area contributed by atoms with Gasteiger partial charge in [-0.05, 0) is 247 Å². The highest BCUT2D eigenvalue weighted by Crippen LogP contribution is 2.31. The average molecular weight is 1540 g/mol. The van der Waals surface area contributed by atoms with Crippen LogP contribution in [0.15, 0.2) is 189 Å². The largest absolute Gasteiger partial charge is 0.379 e. The summed E-state index contributed by atoms with van der Waals surface area (Å²) >= 11 is 0. The zero-order valence-electron chi connectivity index (χ0n) is 66.0. The van der Waals surface area contributed by atoms with Crippen LogP contribution < -0.4 is 42.5 Å². The number of aromatic nitrogens is 4. The summed E-state index contributed by atoms with van der Waals surface area (Å²) in [5.74, 6) is -1.19. The number of rotatable bonds is 20. The summed E-state index contributed by atoms with van der Waals surface area (Å²) in [4.78, 5) is 103. The van der Waals surface area contributed by atoms with Gasteiger partial charge in [-0.25, -0.2) is 0 Å². The number of hydrogen-bond donors (Lipinski definition) is 8. The first-order valence-corrected chi connectivity index (χ1v) is 39.4. The molecule has 4 aromatic heterocycles. The van der Waals surface area contributed by atoms with Gasteiger partial charge in [0, 0.05) is 190 Å². The smallest absolute Gasteiger partial charge is 0.255 e. The number of nitrogens with zero attached hydrogens (tertiary/aromatic N) is 6. The normalized spacial score (nSPS) is 14.4. The van der Waals surface area contributed by atoms with Crippen LogP contribution in [0.4, 0.5) is 22.7 Å². The molecule has 23 heteroatoms. The van der Waals surface area contributed by atoms with Crippen molar-refractivity contribution in [2.45, 2.75) is 130 Å². The number of ether oxygens (including phenoxy) is 1. The lowest BCUT2D eigenvalue weighted by Crippen LogP contribution is -2.38. The minimum atomic E-state index is -0.260. The van der Waals surface area contributed by atoms with Crippen LogP contribution in [0.1, 0.15) is 182 Å². The van der Waals surface area contributed by atoms with Gasteiger partial charge >= 0.3 is 0 Å². The fourth-order valence-electron chi connectivity index (χ4n) is 13.7. The van der Waals surface area contributed by atoms with Crippen LogP contribution in [0.3, 0.4) is 0 Å². The first-order chi connectivity index (χ1) is 55.4. The molecule has 5 fully saturated rings. The van der Waals surface area contributed by atoms with E-state index in [-0.39, 0.29) is 53.3 Å². The number of aryl methyl sites for hydroxylation is 6. The van der Waals surface area contributed by atoms with E-state index >= 15 is 0 Å². The van der Waals surface area contributed by atoms with Crippen molar-refractivity contribution in [1.29, 1.82) is 5.26 Å². The molecule has 4 saturated carbocycles. The van der Waals surface area contributed by atoms with Gasteiger partial charge in [-0.3, -0.25) is 43.3 Å². The maximum atomic E-state index is 13.1. The number of carbonyl (C=O) groups is 8. The molecule has 5 heterocycles. The summed E-state index contributed by atoms with van der Waals surface area (Å²) in [6.45, 7) is 17.2. The molecular weight excluding hydrogens is 1450 g/mol. The molecule has 0 bridgehead atoms. The third-order valence-corrected chi connectivity index (χ3v) is 21.5. The number of fused-ring (bicyclic) bond motifs is 4. The highest BCUT2D eigenvalue weighted by molar-refractivity contribution is 6.11. The lowest BCUT2D eigenvalue weighted by molar-refractivity contribution is 0.0365. The van der Waals surface area contributed by atoms with E-state index in [2.05, 4.69) is 94.8 Å². The van der Waals surface area contributed by atoms with Gasteiger partial charge in [-0.15, -0.1) is 0 Å². The molecule has 5 aliphatic rings. The summed E-state index contributed by atoms with van der Waals surface area (Å²) in [7, 11) is 3.80. The minimum Gasteiger partial charge on any atom is -0.379 e. The van der Waals surface area contributed by atoms with Crippen LogP contribution in [-0.2, 0) is 25.4 Å². The van der Waals surface area contributed by atoms with E-state index in [1.165, 1.54) is 0 Å². The van der Waals surface area contributed by atoms with E-state index in [0.717, 1.165) is 157 Å². The van der Waals surface area contributed by atoms with Gasteiger partial charge in [0.25, 0.3) is 47.3 Å². The first-order valence-electron chi connectivity index (χ1n) is 39.4. The Bertz CT molecular complexity index is 5810. The third-order valence-electron chi connectivity index (χ3n) is 21.5. The molecule has 0 unspecified atom stereocenters. The summed E-state index contributed by atoms with van der Waals surface area (Å²) in [6, 6.07) is 53.8. The molecular formula is C92H96N14O9. The van der Waals surface area contributed by atoms with E-state index in [1.807, 2.05) is 148 Å². The Kier molecular flexibility index (Phi) is 23.7. The number of carbonyl (C=O) groups excluding carboxylic acids is 8. The molecule has 8 amide bonds. The Labute approximate surface area is 667 Å². The molecule has 588 valence electrons. The molecule has 0 spiro atoms. The predicted octanol–water partition coefficient (Wildman–Crippen LogP) is 15.2. The third kappa shape index (κ3) is 19.6. The van der Waals surface area contributed by atoms with E-state index in [1.54, 1.807) is 72.9 Å². The van der Waals surface area contributed by atoms with Crippen molar-refractivity contribution < 1.29 is 43.1 Å². The number of benzene rings is 8. The quantitative estimate of drug-likeness (QED) is 0.0355. The fourth-order valence-corrected chi connectivity index (χ4v) is 13.7. The van der Waals surface area contributed by atoms with Crippen LogP contribution in [0.25, 0.3) is 43.6 Å². The SMILES string of the molecule is Cc1ccc(C(=O)NC2CC2)cc1NC(=O)c1ccc2c(C#N)cn(C)c2c1.Cc1ccc(C(=O)NC2CC2)cc1NC(=O)c1ccc2ccn(C(C)C)c2c1.Cc1ccc(C(=O)NC2CC2)cc1NC(=O)c1ccc2ccn(C)c2c1.Cc1ccc(C(=O)NC2CC2)cc1NC(=O)c1ccc2ccn(CCN3CCOCC3)c2c1. The number of nitrogens with one attached hydrogen (secondary N) is 8. The standard InChI is InChI=1S/C26H30N4O3.C23H25N3O2.C22H20N4O2.C21H21N3O2/c1-18-2-3-20(25(31)27-22-6-7-22)16-23(18)28-26(32)21-5-4-19-8-9-30(24(19)17-21)11-10-29-12-14-33-15-13-29;1-14(2)26-11-10-16-6-7-18(13-21(16)26)23(28)25-20-12-17(5-4-15(20)3)22(27)24-19-8-9-19;1-13-3-4-14(21(27)24-17-6-7-17)9-19(13)25-22(28)15-5-8-18-16(11-23)12-26(2)20(18)10-15;1-13-3-4-15(20(25)22-17-7-8-17)11-18(13)23-21(26)16-6-5-14-9-10-24(2)19(14)12-16/h2-5,8-9,16-17,22H,6-7,10-15H2,1H3,(H,27,31)(H,28,32);4-7,10-14,19H,8-9H2,1-3H3,(H,24,27)(H,25,28);3-5,8-10,12,17H,6-7H2,1-2H3,(H,24,27)(H,25,28);3-6,9-12,17H,7-8H2,1-2H3,(H,22,25)(H,23,26). The zero-order chi connectivity index (χ0) is 80.7. The van der Waals surface area contributed by atoms with Gasteiger partial charge in [0.1, 0.15) is 6.07 Å². The predicted molar refractivity (Wildman–Crippen MR) is 451 cm³/mol. The van der Waals surface area contributed by atoms with E-state index in [0.29, 0.717) is 97.0 Å². The number of nitriles is 1. The van der Waals surface area contributed by atoms with Crippen LogP contribution in [0.2, 0.25) is 0 Å². The van der Waals surface area contributed by atoms with Crippen molar-refractivity contribution in [1.82, 2.24) is 44.4 Å². The van der Waals surface area contributed by atoms with Crippen LogP contribution in [0.5, 0.6) is 0 Å². The van der Waals surface area contributed by atoms with Gasteiger partial charge in [0.2, 0.25) is 0 Å². The van der Waals surface area contributed by atoms with Crippen LogP contribution >= 0.6 is 0 Å². The minimum absolute atomic E-state index is 0.0887. The van der Waals surface area contributed by atoms with Gasteiger partial charge in [-0.1, -0.05) is 48.5 Å². The van der Waals surface area contributed by atoms with E-state index in [9.17, 15) is 43.6 Å². The lowest BCUT2D eigenvalue weighted by atomic mass is 10.1. The lowest BCUT2D eigenvalue weighted by Gasteiger charge is -2.26.